The molecule has 0 bridgehead atoms. The number of rotatable bonds is 5. The van der Waals surface area contributed by atoms with E-state index in [0.29, 0.717) is 17.1 Å². The predicted molar refractivity (Wildman–Crippen MR) is 97.8 cm³/mol. The van der Waals surface area contributed by atoms with Gasteiger partial charge < -0.3 is 15.4 Å². The summed E-state index contributed by atoms with van der Waals surface area (Å²) in [7, 11) is 1.28. The molecule has 2 N–H and O–H groups in total. The SMILES string of the molecule is COC(=O)c1ccccc1Nc1cc(Nc2cccc(C(F)(F)F)c2)ncn1. The van der Waals surface area contributed by atoms with E-state index in [1.54, 1.807) is 24.3 Å². The van der Waals surface area contributed by atoms with Crippen LogP contribution < -0.4 is 10.6 Å². The van der Waals surface area contributed by atoms with E-state index in [0.717, 1.165) is 12.1 Å². The molecule has 0 aliphatic carbocycles. The number of hydrogen-bond donors (Lipinski definition) is 2. The molecule has 0 atom stereocenters. The van der Waals surface area contributed by atoms with Crippen molar-refractivity contribution in [3.05, 3.63) is 72.1 Å². The van der Waals surface area contributed by atoms with Crippen molar-refractivity contribution in [2.45, 2.75) is 6.18 Å². The smallest absolute Gasteiger partial charge is 0.416 e. The van der Waals surface area contributed by atoms with Crippen LogP contribution in [0.3, 0.4) is 0 Å². The van der Waals surface area contributed by atoms with Crippen LogP contribution in [0.2, 0.25) is 0 Å². The van der Waals surface area contributed by atoms with Crippen molar-refractivity contribution >= 4 is 29.0 Å². The fourth-order valence-electron chi connectivity index (χ4n) is 2.43. The number of hydrogen-bond acceptors (Lipinski definition) is 6. The number of methoxy groups -OCH3 is 1. The third kappa shape index (κ3) is 4.56. The summed E-state index contributed by atoms with van der Waals surface area (Å²) in [4.78, 5) is 19.9. The Morgan fingerprint density at radius 2 is 1.68 bits per heavy atom. The zero-order chi connectivity index (χ0) is 20.1. The van der Waals surface area contributed by atoms with Crippen molar-refractivity contribution in [2.24, 2.45) is 0 Å². The molecule has 0 unspecified atom stereocenters. The summed E-state index contributed by atoms with van der Waals surface area (Å²) in [5.41, 5.74) is 0.250. The number of ether oxygens (including phenoxy) is 1. The number of para-hydroxylation sites is 1. The van der Waals surface area contributed by atoms with E-state index in [-0.39, 0.29) is 11.5 Å². The average Bonchev–Trinajstić information content (AvgIpc) is 2.68. The summed E-state index contributed by atoms with van der Waals surface area (Å²) >= 11 is 0. The average molecular weight is 388 g/mol. The zero-order valence-corrected chi connectivity index (χ0v) is 14.6. The predicted octanol–water partition coefficient (Wildman–Crippen LogP) is 4.77. The lowest BCUT2D eigenvalue weighted by atomic mass is 10.2. The number of esters is 1. The van der Waals surface area contributed by atoms with E-state index in [1.165, 1.54) is 31.6 Å². The summed E-state index contributed by atoms with van der Waals surface area (Å²) in [6.45, 7) is 0. The van der Waals surface area contributed by atoms with Gasteiger partial charge in [-0.25, -0.2) is 14.8 Å². The minimum atomic E-state index is -4.44. The second-order valence-electron chi connectivity index (χ2n) is 5.65. The van der Waals surface area contributed by atoms with Crippen molar-refractivity contribution in [1.29, 1.82) is 0 Å². The quantitative estimate of drug-likeness (QED) is 0.614. The van der Waals surface area contributed by atoms with Crippen molar-refractivity contribution in [1.82, 2.24) is 9.97 Å². The zero-order valence-electron chi connectivity index (χ0n) is 14.6. The molecule has 1 aromatic heterocycles. The minimum Gasteiger partial charge on any atom is -0.465 e. The first-order valence-corrected chi connectivity index (χ1v) is 8.07. The van der Waals surface area contributed by atoms with Gasteiger partial charge in [-0.15, -0.1) is 0 Å². The second kappa shape index (κ2) is 7.95. The van der Waals surface area contributed by atoms with Gasteiger partial charge in [0.05, 0.1) is 23.9 Å². The van der Waals surface area contributed by atoms with Gasteiger partial charge in [-0.05, 0) is 30.3 Å². The lowest BCUT2D eigenvalue weighted by Gasteiger charge is -2.12. The highest BCUT2D eigenvalue weighted by Crippen LogP contribution is 2.31. The van der Waals surface area contributed by atoms with Gasteiger partial charge in [0.15, 0.2) is 0 Å². The number of nitrogens with one attached hydrogen (secondary N) is 2. The van der Waals surface area contributed by atoms with Crippen LogP contribution >= 0.6 is 0 Å². The lowest BCUT2D eigenvalue weighted by Crippen LogP contribution is -2.07. The second-order valence-corrected chi connectivity index (χ2v) is 5.65. The number of benzene rings is 2. The topological polar surface area (TPSA) is 76.1 Å². The van der Waals surface area contributed by atoms with Gasteiger partial charge in [0.25, 0.3) is 0 Å². The Labute approximate surface area is 158 Å². The van der Waals surface area contributed by atoms with Crippen LogP contribution in [-0.2, 0) is 10.9 Å². The highest BCUT2D eigenvalue weighted by atomic mass is 19.4. The number of halogens is 3. The van der Waals surface area contributed by atoms with Gasteiger partial charge in [0.2, 0.25) is 0 Å². The van der Waals surface area contributed by atoms with Crippen LogP contribution in [0, 0.1) is 0 Å². The lowest BCUT2D eigenvalue weighted by molar-refractivity contribution is -0.137. The van der Waals surface area contributed by atoms with E-state index in [2.05, 4.69) is 20.6 Å². The van der Waals surface area contributed by atoms with Crippen LogP contribution in [0.1, 0.15) is 15.9 Å². The van der Waals surface area contributed by atoms with Gasteiger partial charge in [-0.3, -0.25) is 0 Å². The number of aromatic nitrogens is 2. The fraction of sp³-hybridized carbons (Fsp3) is 0.105. The Morgan fingerprint density at radius 1 is 0.964 bits per heavy atom. The number of nitrogens with zero attached hydrogens (tertiary/aromatic N) is 2. The fourth-order valence-corrected chi connectivity index (χ4v) is 2.43. The molecule has 6 nitrogen and oxygen atoms in total. The molecule has 0 saturated heterocycles. The molecule has 2 aromatic carbocycles. The van der Waals surface area contributed by atoms with E-state index in [4.69, 9.17) is 4.74 Å². The molecule has 0 aliphatic rings. The van der Waals surface area contributed by atoms with E-state index >= 15 is 0 Å². The van der Waals surface area contributed by atoms with Crippen molar-refractivity contribution in [3.8, 4) is 0 Å². The Hall–Kier alpha value is -3.62. The van der Waals surface area contributed by atoms with Crippen LogP contribution in [0.25, 0.3) is 0 Å². The molecule has 9 heteroatoms. The van der Waals surface area contributed by atoms with Crippen molar-refractivity contribution in [3.63, 3.8) is 0 Å². The molecule has 3 rings (SSSR count). The van der Waals surface area contributed by atoms with Crippen molar-refractivity contribution < 1.29 is 22.7 Å². The minimum absolute atomic E-state index is 0.231. The Bertz CT molecular complexity index is 993. The van der Waals surface area contributed by atoms with Gasteiger partial charge in [0.1, 0.15) is 18.0 Å². The monoisotopic (exact) mass is 388 g/mol. The molecule has 0 amide bonds. The van der Waals surface area contributed by atoms with Crippen LogP contribution in [0.15, 0.2) is 60.9 Å². The molecule has 0 radical (unpaired) electrons. The molecule has 0 aliphatic heterocycles. The van der Waals surface area contributed by atoms with Gasteiger partial charge >= 0.3 is 12.1 Å². The number of carbonyl (C=O) groups excluding carboxylic acids is 1. The third-order valence-corrected chi connectivity index (χ3v) is 3.72. The number of carbonyl (C=O) groups is 1. The van der Waals surface area contributed by atoms with Gasteiger partial charge in [0, 0.05) is 11.8 Å². The molecular weight excluding hydrogens is 373 g/mol. The Morgan fingerprint density at radius 3 is 2.39 bits per heavy atom. The standard InChI is InChI=1S/C19H15F3N4O2/c1-28-18(27)14-7-2-3-8-15(14)26-17-10-16(23-11-24-17)25-13-6-4-5-12(9-13)19(20,21)22/h2-11H,1H3,(H2,23,24,25,26). The number of anilines is 4. The first-order valence-electron chi connectivity index (χ1n) is 8.07. The van der Waals surface area contributed by atoms with Crippen LogP contribution in [0.5, 0.6) is 0 Å². The molecule has 1 heterocycles. The van der Waals surface area contributed by atoms with E-state index in [1.807, 2.05) is 0 Å². The van der Waals surface area contributed by atoms with E-state index < -0.39 is 17.7 Å². The Balaban J connectivity index is 1.82. The van der Waals surface area contributed by atoms with Crippen molar-refractivity contribution in [2.75, 3.05) is 17.7 Å². The normalized spacial score (nSPS) is 11.0. The Kier molecular flexibility index (Phi) is 5.44. The van der Waals surface area contributed by atoms with Gasteiger partial charge in [-0.2, -0.15) is 13.2 Å². The molecule has 0 spiro atoms. The first-order chi connectivity index (χ1) is 13.4. The summed E-state index contributed by atoms with van der Waals surface area (Å²) in [6, 6.07) is 13.0. The highest BCUT2D eigenvalue weighted by molar-refractivity contribution is 5.96. The van der Waals surface area contributed by atoms with Crippen LogP contribution in [0.4, 0.5) is 36.2 Å². The summed E-state index contributed by atoms with van der Waals surface area (Å²) in [6.07, 6.45) is -3.19. The molecule has 3 aromatic rings. The maximum Gasteiger partial charge on any atom is 0.416 e. The third-order valence-electron chi connectivity index (χ3n) is 3.72. The molecule has 28 heavy (non-hydrogen) atoms. The van der Waals surface area contributed by atoms with Gasteiger partial charge in [-0.1, -0.05) is 18.2 Å². The van der Waals surface area contributed by atoms with Crippen LogP contribution in [-0.4, -0.2) is 23.0 Å². The van der Waals surface area contributed by atoms with E-state index in [9.17, 15) is 18.0 Å². The highest BCUT2D eigenvalue weighted by Gasteiger charge is 2.30. The molecular formula is C19H15F3N4O2. The molecule has 0 saturated carbocycles. The first kappa shape index (κ1) is 19.2. The molecule has 144 valence electrons. The summed E-state index contributed by atoms with van der Waals surface area (Å²) in [5, 5.41) is 5.79. The largest absolute Gasteiger partial charge is 0.465 e. The molecule has 0 fully saturated rings. The summed E-state index contributed by atoms with van der Waals surface area (Å²) in [5.74, 6) is 0.118. The maximum absolute atomic E-state index is 12.8. The maximum atomic E-state index is 12.8. The number of alkyl halides is 3. The summed E-state index contributed by atoms with van der Waals surface area (Å²) < 4.78 is 43.3.